The molecule has 3 rings (SSSR count). The number of amides is 1. The van der Waals surface area contributed by atoms with Crippen LogP contribution in [0.3, 0.4) is 0 Å². The monoisotopic (exact) mass is 343 g/mol. The summed E-state index contributed by atoms with van der Waals surface area (Å²) in [6.07, 6.45) is 5.12. The highest BCUT2D eigenvalue weighted by Crippen LogP contribution is 2.17. The molecule has 1 aromatic heterocycles. The van der Waals surface area contributed by atoms with Crippen molar-refractivity contribution < 1.29 is 9.90 Å². The maximum Gasteiger partial charge on any atom is 0.261 e. The van der Waals surface area contributed by atoms with Crippen LogP contribution >= 0.6 is 0 Å². The van der Waals surface area contributed by atoms with Crippen molar-refractivity contribution in [1.29, 1.82) is 0 Å². The van der Waals surface area contributed by atoms with Gasteiger partial charge in [0.05, 0.1) is 23.0 Å². The number of fused-ring (bicyclic) bond motifs is 2. The van der Waals surface area contributed by atoms with Gasteiger partial charge in [-0.3, -0.25) is 14.2 Å². The summed E-state index contributed by atoms with van der Waals surface area (Å²) < 4.78 is 1.79. The van der Waals surface area contributed by atoms with E-state index in [1.807, 2.05) is 0 Å². The minimum absolute atomic E-state index is 0.0236. The highest BCUT2D eigenvalue weighted by molar-refractivity contribution is 5.98. The number of carbonyl (C=O) groups excluding carboxylic acids is 1. The molecule has 0 saturated carbocycles. The summed E-state index contributed by atoms with van der Waals surface area (Å²) in [6.45, 7) is 4.06. The Hall–Kier alpha value is -2.21. The predicted octanol–water partition coefficient (Wildman–Crippen LogP) is 2.01. The largest absolute Gasteiger partial charge is 0.394 e. The average Bonchev–Trinajstić information content (AvgIpc) is 2.56. The lowest BCUT2D eigenvalue weighted by atomic mass is 10.1. The molecular weight excluding hydrogens is 318 g/mol. The first-order chi connectivity index (χ1) is 11.9. The van der Waals surface area contributed by atoms with Crippen molar-refractivity contribution in [3.05, 3.63) is 39.9 Å². The number of rotatable bonds is 3. The van der Waals surface area contributed by atoms with E-state index in [4.69, 9.17) is 0 Å². The Kier molecular flexibility index (Phi) is 4.90. The number of aromatic nitrogens is 2. The summed E-state index contributed by atoms with van der Waals surface area (Å²) in [5.74, 6) is 0.528. The van der Waals surface area contributed by atoms with Crippen molar-refractivity contribution >= 4 is 16.8 Å². The zero-order valence-electron chi connectivity index (χ0n) is 14.8. The minimum Gasteiger partial charge on any atom is -0.394 e. The quantitative estimate of drug-likeness (QED) is 0.893. The molecule has 0 fully saturated rings. The normalized spacial score (nSPS) is 15.3. The van der Waals surface area contributed by atoms with Gasteiger partial charge in [-0.2, -0.15) is 0 Å². The van der Waals surface area contributed by atoms with E-state index in [9.17, 15) is 14.7 Å². The summed E-state index contributed by atoms with van der Waals surface area (Å²) in [5, 5.41) is 12.6. The lowest BCUT2D eigenvalue weighted by Crippen LogP contribution is -2.46. The van der Waals surface area contributed by atoms with Crippen LogP contribution in [0, 0.1) is 0 Å². The molecular formula is C19H25N3O3. The Balaban J connectivity index is 2.01. The van der Waals surface area contributed by atoms with E-state index >= 15 is 0 Å². The topological polar surface area (TPSA) is 84.2 Å². The van der Waals surface area contributed by atoms with Gasteiger partial charge in [-0.15, -0.1) is 0 Å². The van der Waals surface area contributed by atoms with E-state index in [1.54, 1.807) is 36.6 Å². The van der Waals surface area contributed by atoms with Crippen molar-refractivity contribution in [2.75, 3.05) is 6.61 Å². The van der Waals surface area contributed by atoms with Crippen LogP contribution in [0.25, 0.3) is 10.9 Å². The van der Waals surface area contributed by atoms with E-state index < -0.39 is 5.54 Å². The van der Waals surface area contributed by atoms with Crippen molar-refractivity contribution in [2.45, 2.75) is 58.0 Å². The lowest BCUT2D eigenvalue weighted by molar-refractivity contribution is 0.0869. The minimum atomic E-state index is -0.703. The molecule has 0 unspecified atom stereocenters. The van der Waals surface area contributed by atoms with Gasteiger partial charge in [-0.1, -0.05) is 12.8 Å². The van der Waals surface area contributed by atoms with E-state index in [0.29, 0.717) is 23.0 Å². The van der Waals surface area contributed by atoms with Gasteiger partial charge in [0.2, 0.25) is 0 Å². The van der Waals surface area contributed by atoms with Crippen molar-refractivity contribution in [3.8, 4) is 0 Å². The summed E-state index contributed by atoms with van der Waals surface area (Å²) in [4.78, 5) is 29.9. The molecule has 0 radical (unpaired) electrons. The van der Waals surface area contributed by atoms with Crippen molar-refractivity contribution in [1.82, 2.24) is 14.9 Å². The Labute approximate surface area is 146 Å². The van der Waals surface area contributed by atoms with Crippen LogP contribution in [0.1, 0.15) is 55.7 Å². The fourth-order valence-corrected chi connectivity index (χ4v) is 3.16. The van der Waals surface area contributed by atoms with Crippen LogP contribution in [-0.4, -0.2) is 32.7 Å². The number of carbonyl (C=O) groups is 1. The van der Waals surface area contributed by atoms with E-state index in [0.717, 1.165) is 37.9 Å². The molecule has 0 spiro atoms. The third-order valence-corrected chi connectivity index (χ3v) is 4.68. The van der Waals surface area contributed by atoms with Crippen molar-refractivity contribution in [2.24, 2.45) is 0 Å². The fraction of sp³-hybridized carbons (Fsp3) is 0.526. The first-order valence-corrected chi connectivity index (χ1v) is 8.88. The molecule has 1 aliphatic heterocycles. The average molecular weight is 343 g/mol. The molecule has 0 saturated heterocycles. The zero-order chi connectivity index (χ0) is 18.0. The van der Waals surface area contributed by atoms with Gasteiger partial charge in [0.1, 0.15) is 5.82 Å². The molecule has 6 heteroatoms. The van der Waals surface area contributed by atoms with Gasteiger partial charge >= 0.3 is 0 Å². The molecule has 0 aliphatic carbocycles. The molecule has 134 valence electrons. The van der Waals surface area contributed by atoms with E-state index in [1.165, 1.54) is 0 Å². The molecule has 2 heterocycles. The Morgan fingerprint density at radius 1 is 1.28 bits per heavy atom. The summed E-state index contributed by atoms with van der Waals surface area (Å²) in [6, 6.07) is 4.99. The van der Waals surface area contributed by atoms with Gasteiger partial charge in [0.25, 0.3) is 11.5 Å². The third-order valence-electron chi connectivity index (χ3n) is 4.68. The van der Waals surface area contributed by atoms with E-state index in [-0.39, 0.29) is 18.1 Å². The van der Waals surface area contributed by atoms with Gasteiger partial charge < -0.3 is 10.4 Å². The van der Waals surface area contributed by atoms with Crippen LogP contribution < -0.4 is 10.9 Å². The van der Waals surface area contributed by atoms with Crippen LogP contribution in [0.5, 0.6) is 0 Å². The highest BCUT2D eigenvalue weighted by atomic mass is 16.3. The summed E-state index contributed by atoms with van der Waals surface area (Å²) in [5.41, 5.74) is 0.276. The molecule has 2 aromatic rings. The standard InChI is InChI=1S/C19H25N3O3/c1-19(2,12-23)21-17(24)13-8-9-14-15(11-13)20-16-7-5-3-4-6-10-22(16)18(14)25/h8-9,11,23H,3-7,10,12H2,1-2H3,(H,21,24). The lowest BCUT2D eigenvalue weighted by Gasteiger charge is -2.23. The number of hydrogen-bond donors (Lipinski definition) is 2. The molecule has 1 aromatic carbocycles. The second-order valence-electron chi connectivity index (χ2n) is 7.38. The van der Waals surface area contributed by atoms with Gasteiger partial charge in [-0.25, -0.2) is 4.98 Å². The summed E-state index contributed by atoms with van der Waals surface area (Å²) >= 11 is 0. The highest BCUT2D eigenvalue weighted by Gasteiger charge is 2.21. The number of nitrogens with one attached hydrogen (secondary N) is 1. The molecule has 0 atom stereocenters. The first-order valence-electron chi connectivity index (χ1n) is 8.88. The smallest absolute Gasteiger partial charge is 0.261 e. The number of aliphatic hydroxyl groups is 1. The van der Waals surface area contributed by atoms with Crippen molar-refractivity contribution in [3.63, 3.8) is 0 Å². The van der Waals surface area contributed by atoms with Crippen LogP contribution in [-0.2, 0) is 13.0 Å². The molecule has 6 nitrogen and oxygen atoms in total. The van der Waals surface area contributed by atoms with Crippen LogP contribution in [0.15, 0.2) is 23.0 Å². The van der Waals surface area contributed by atoms with Gasteiger partial charge in [0.15, 0.2) is 0 Å². The van der Waals surface area contributed by atoms with Gasteiger partial charge in [-0.05, 0) is 44.9 Å². The Bertz CT molecular complexity index is 855. The van der Waals surface area contributed by atoms with Gasteiger partial charge in [0, 0.05) is 18.5 Å². The van der Waals surface area contributed by atoms with Crippen LogP contribution in [0.2, 0.25) is 0 Å². The maximum absolute atomic E-state index is 12.8. The maximum atomic E-state index is 12.8. The SMILES string of the molecule is CC(C)(CO)NC(=O)c1ccc2c(=O)n3c(nc2c1)CCCCCC3. The number of aliphatic hydroxyl groups excluding tert-OH is 1. The Morgan fingerprint density at radius 3 is 2.80 bits per heavy atom. The fourth-order valence-electron chi connectivity index (χ4n) is 3.16. The number of benzene rings is 1. The second-order valence-corrected chi connectivity index (χ2v) is 7.38. The Morgan fingerprint density at radius 2 is 2.04 bits per heavy atom. The zero-order valence-corrected chi connectivity index (χ0v) is 14.8. The number of hydrogen-bond acceptors (Lipinski definition) is 4. The second kappa shape index (κ2) is 6.96. The molecule has 1 aliphatic rings. The molecule has 1 amide bonds. The molecule has 0 bridgehead atoms. The van der Waals surface area contributed by atoms with Crippen LogP contribution in [0.4, 0.5) is 0 Å². The predicted molar refractivity (Wildman–Crippen MR) is 96.8 cm³/mol. The third kappa shape index (κ3) is 3.74. The summed E-state index contributed by atoms with van der Waals surface area (Å²) in [7, 11) is 0. The van der Waals surface area contributed by atoms with E-state index in [2.05, 4.69) is 10.3 Å². The number of aryl methyl sites for hydroxylation is 1. The number of nitrogens with zero attached hydrogens (tertiary/aromatic N) is 2. The molecule has 25 heavy (non-hydrogen) atoms. The first kappa shape index (κ1) is 17.6. The molecule has 2 N–H and O–H groups in total.